The summed E-state index contributed by atoms with van der Waals surface area (Å²) in [6, 6.07) is 17.9. The summed E-state index contributed by atoms with van der Waals surface area (Å²) in [5.74, 6) is -0.00944. The molecule has 1 heterocycles. The van der Waals surface area contributed by atoms with Crippen LogP contribution >= 0.6 is 0 Å². The normalized spacial score (nSPS) is 24.0. The van der Waals surface area contributed by atoms with Crippen LogP contribution in [0, 0.1) is 0 Å². The average molecular weight is 351 g/mol. The number of carbonyl (C=O) groups excluding carboxylic acids is 1. The fourth-order valence-electron chi connectivity index (χ4n) is 4.37. The Kier molecular flexibility index (Phi) is 4.55. The van der Waals surface area contributed by atoms with Crippen molar-refractivity contribution in [3.63, 3.8) is 0 Å². The van der Waals surface area contributed by atoms with Crippen molar-refractivity contribution in [2.24, 2.45) is 0 Å². The number of carbonyl (C=O) groups is 1. The van der Waals surface area contributed by atoms with Gasteiger partial charge in [0.05, 0.1) is 12.0 Å². The molecule has 1 amide bonds. The van der Waals surface area contributed by atoms with Crippen LogP contribution in [0.5, 0.6) is 0 Å². The first-order valence-corrected chi connectivity index (χ1v) is 9.36. The molecule has 136 valence electrons. The van der Waals surface area contributed by atoms with E-state index in [4.69, 9.17) is 4.74 Å². The summed E-state index contributed by atoms with van der Waals surface area (Å²) in [6.07, 6.45) is 2.82. The molecule has 1 atom stereocenters. The van der Waals surface area contributed by atoms with E-state index in [0.29, 0.717) is 32.5 Å². The van der Waals surface area contributed by atoms with Gasteiger partial charge in [-0.1, -0.05) is 54.6 Å². The van der Waals surface area contributed by atoms with Crippen LogP contribution in [0.1, 0.15) is 36.0 Å². The summed E-state index contributed by atoms with van der Waals surface area (Å²) in [6.45, 7) is 1.41. The highest BCUT2D eigenvalue weighted by molar-refractivity contribution is 5.88. The van der Waals surface area contributed by atoms with Gasteiger partial charge in [-0.25, -0.2) is 0 Å². The van der Waals surface area contributed by atoms with Crippen LogP contribution in [0.3, 0.4) is 0 Å². The minimum absolute atomic E-state index is 0.00944. The van der Waals surface area contributed by atoms with Gasteiger partial charge in [0, 0.05) is 13.2 Å². The quantitative estimate of drug-likeness (QED) is 0.890. The largest absolute Gasteiger partial charge is 0.383 e. The minimum atomic E-state index is -0.977. The molecule has 4 nitrogen and oxygen atoms in total. The number of nitrogens with one attached hydrogen (secondary N) is 1. The summed E-state index contributed by atoms with van der Waals surface area (Å²) in [5, 5.41) is 14.2. The van der Waals surface area contributed by atoms with Gasteiger partial charge >= 0.3 is 0 Å². The standard InChI is InChI=1S/C22H25NO3/c24-20(21(12-14-26-15-13-21)18-7-2-1-3-8-18)23-16-22(25)11-10-17-6-4-5-9-19(17)22/h1-9,25H,10-16H2,(H,23,24)/t22-/m0/s1. The lowest BCUT2D eigenvalue weighted by atomic mass is 9.73. The van der Waals surface area contributed by atoms with Crippen molar-refractivity contribution in [2.45, 2.75) is 36.7 Å². The molecule has 26 heavy (non-hydrogen) atoms. The first kappa shape index (κ1) is 17.3. The predicted octanol–water partition coefficient (Wildman–Crippen LogP) is 2.69. The lowest BCUT2D eigenvalue weighted by molar-refractivity contribution is -0.131. The maximum absolute atomic E-state index is 13.3. The zero-order valence-electron chi connectivity index (χ0n) is 14.9. The summed E-state index contributed by atoms with van der Waals surface area (Å²) in [5.41, 5.74) is 1.59. The third-order valence-corrected chi connectivity index (χ3v) is 5.98. The van der Waals surface area contributed by atoms with Gasteiger partial charge in [0.2, 0.25) is 5.91 Å². The number of aryl methyl sites for hydroxylation is 1. The Morgan fingerprint density at radius 2 is 1.69 bits per heavy atom. The van der Waals surface area contributed by atoms with Crippen molar-refractivity contribution >= 4 is 5.91 Å². The molecule has 1 saturated heterocycles. The van der Waals surface area contributed by atoms with Crippen molar-refractivity contribution in [1.29, 1.82) is 0 Å². The minimum Gasteiger partial charge on any atom is -0.383 e. The van der Waals surface area contributed by atoms with Crippen molar-refractivity contribution in [1.82, 2.24) is 5.32 Å². The van der Waals surface area contributed by atoms with Crippen LogP contribution in [0.25, 0.3) is 0 Å². The van der Waals surface area contributed by atoms with Gasteiger partial charge in [0.1, 0.15) is 5.60 Å². The van der Waals surface area contributed by atoms with Crippen molar-refractivity contribution in [3.8, 4) is 0 Å². The molecular weight excluding hydrogens is 326 g/mol. The van der Waals surface area contributed by atoms with E-state index in [2.05, 4.69) is 11.4 Å². The maximum Gasteiger partial charge on any atom is 0.230 e. The molecule has 0 saturated carbocycles. The predicted molar refractivity (Wildman–Crippen MR) is 99.8 cm³/mol. The number of fused-ring (bicyclic) bond motifs is 1. The van der Waals surface area contributed by atoms with Crippen LogP contribution < -0.4 is 5.32 Å². The van der Waals surface area contributed by atoms with E-state index in [1.54, 1.807) is 0 Å². The number of amides is 1. The lowest BCUT2D eigenvalue weighted by Crippen LogP contribution is -2.51. The van der Waals surface area contributed by atoms with E-state index in [-0.39, 0.29) is 12.5 Å². The van der Waals surface area contributed by atoms with E-state index in [9.17, 15) is 9.90 Å². The summed E-state index contributed by atoms with van der Waals surface area (Å²) in [7, 11) is 0. The Morgan fingerprint density at radius 1 is 1.00 bits per heavy atom. The van der Waals surface area contributed by atoms with Gasteiger partial charge in [0.25, 0.3) is 0 Å². The smallest absolute Gasteiger partial charge is 0.230 e. The Balaban J connectivity index is 1.55. The fraction of sp³-hybridized carbons (Fsp3) is 0.409. The van der Waals surface area contributed by atoms with Gasteiger partial charge in [0.15, 0.2) is 0 Å². The first-order chi connectivity index (χ1) is 12.6. The average Bonchev–Trinajstić information content (AvgIpc) is 3.05. The zero-order chi connectivity index (χ0) is 18.0. The highest BCUT2D eigenvalue weighted by atomic mass is 16.5. The van der Waals surface area contributed by atoms with E-state index >= 15 is 0 Å². The summed E-state index contributed by atoms with van der Waals surface area (Å²) in [4.78, 5) is 13.3. The third kappa shape index (κ3) is 2.93. The van der Waals surface area contributed by atoms with Crippen molar-refractivity contribution in [2.75, 3.05) is 19.8 Å². The molecule has 1 fully saturated rings. The monoisotopic (exact) mass is 351 g/mol. The molecule has 2 N–H and O–H groups in total. The Bertz CT molecular complexity index is 783. The first-order valence-electron chi connectivity index (χ1n) is 9.36. The fourth-order valence-corrected chi connectivity index (χ4v) is 4.37. The maximum atomic E-state index is 13.3. The Hall–Kier alpha value is -2.17. The molecule has 0 spiro atoms. The van der Waals surface area contributed by atoms with Gasteiger partial charge < -0.3 is 15.2 Å². The number of hydrogen-bond acceptors (Lipinski definition) is 3. The molecule has 4 heteroatoms. The van der Waals surface area contributed by atoms with Crippen LogP contribution in [0.4, 0.5) is 0 Å². The van der Waals surface area contributed by atoms with E-state index in [0.717, 1.165) is 17.5 Å². The number of benzene rings is 2. The molecular formula is C22H25NO3. The van der Waals surface area contributed by atoms with Gasteiger partial charge in [-0.15, -0.1) is 0 Å². The van der Waals surface area contributed by atoms with Crippen molar-refractivity contribution in [3.05, 3.63) is 71.3 Å². The van der Waals surface area contributed by atoms with Crippen LogP contribution in [-0.2, 0) is 27.0 Å². The van der Waals surface area contributed by atoms with E-state index < -0.39 is 11.0 Å². The number of hydrogen-bond donors (Lipinski definition) is 2. The molecule has 1 aliphatic carbocycles. The van der Waals surface area contributed by atoms with Gasteiger partial charge in [-0.05, 0) is 42.4 Å². The summed E-state index contributed by atoms with van der Waals surface area (Å²) < 4.78 is 5.51. The summed E-state index contributed by atoms with van der Waals surface area (Å²) >= 11 is 0. The van der Waals surface area contributed by atoms with Crippen LogP contribution in [-0.4, -0.2) is 30.8 Å². The van der Waals surface area contributed by atoms with Crippen molar-refractivity contribution < 1.29 is 14.6 Å². The van der Waals surface area contributed by atoms with Crippen LogP contribution in [0.2, 0.25) is 0 Å². The van der Waals surface area contributed by atoms with Gasteiger partial charge in [-0.2, -0.15) is 0 Å². The van der Waals surface area contributed by atoms with Crippen LogP contribution in [0.15, 0.2) is 54.6 Å². The molecule has 2 aliphatic rings. The second kappa shape index (κ2) is 6.86. The van der Waals surface area contributed by atoms with Gasteiger partial charge in [-0.3, -0.25) is 4.79 Å². The second-order valence-electron chi connectivity index (χ2n) is 7.43. The SMILES string of the molecule is O=C(NC[C@@]1(O)CCc2ccccc21)C1(c2ccccc2)CCOCC1. The highest BCUT2D eigenvalue weighted by Crippen LogP contribution is 2.38. The van der Waals surface area contributed by atoms with E-state index in [1.165, 1.54) is 5.56 Å². The number of aliphatic hydroxyl groups is 1. The number of ether oxygens (including phenoxy) is 1. The lowest BCUT2D eigenvalue weighted by Gasteiger charge is -2.37. The Morgan fingerprint density at radius 3 is 2.46 bits per heavy atom. The zero-order valence-corrected chi connectivity index (χ0v) is 14.9. The topological polar surface area (TPSA) is 58.6 Å². The number of rotatable bonds is 4. The molecule has 0 aromatic heterocycles. The molecule has 2 aromatic carbocycles. The third-order valence-electron chi connectivity index (χ3n) is 5.98. The molecule has 2 aromatic rings. The van der Waals surface area contributed by atoms with E-state index in [1.807, 2.05) is 48.5 Å². The molecule has 4 rings (SSSR count). The molecule has 0 radical (unpaired) electrons. The molecule has 0 bridgehead atoms. The molecule has 0 unspecified atom stereocenters. The molecule has 1 aliphatic heterocycles. The second-order valence-corrected chi connectivity index (χ2v) is 7.43. The highest BCUT2D eigenvalue weighted by Gasteiger charge is 2.43. The Labute approximate surface area is 154 Å².